The van der Waals surface area contributed by atoms with E-state index in [1.807, 2.05) is 31.2 Å². The number of hydrogen-bond donors (Lipinski definition) is 2. The third-order valence-electron chi connectivity index (χ3n) is 6.18. The highest BCUT2D eigenvalue weighted by Crippen LogP contribution is 2.33. The van der Waals surface area contributed by atoms with Crippen LogP contribution in [0.4, 0.5) is 17.3 Å². The quantitative estimate of drug-likeness (QED) is 0.594. The minimum absolute atomic E-state index is 0.0741. The Hall–Kier alpha value is -3.30. The van der Waals surface area contributed by atoms with Crippen LogP contribution in [0.1, 0.15) is 31.7 Å². The summed E-state index contributed by atoms with van der Waals surface area (Å²) < 4.78 is 27.7. The van der Waals surface area contributed by atoms with Gasteiger partial charge in [-0.15, -0.1) is 0 Å². The second-order valence-electron chi connectivity index (χ2n) is 8.31. The van der Waals surface area contributed by atoms with Crippen molar-refractivity contribution < 1.29 is 13.2 Å². The molecule has 3 heterocycles. The molecule has 2 aliphatic rings. The first-order valence-electron chi connectivity index (χ1n) is 11.1. The monoisotopic (exact) mass is 463 g/mol. The van der Waals surface area contributed by atoms with Crippen LogP contribution in [0.3, 0.4) is 0 Å². The minimum Gasteiger partial charge on any atom is -0.325 e. The molecule has 0 saturated carbocycles. The lowest BCUT2D eigenvalue weighted by Crippen LogP contribution is -2.35. The lowest BCUT2D eigenvalue weighted by atomic mass is 10.1. The normalized spacial score (nSPS) is 18.2. The summed E-state index contributed by atoms with van der Waals surface area (Å²) in [6.07, 6.45) is 4.49. The van der Waals surface area contributed by atoms with Gasteiger partial charge in [0.15, 0.2) is 0 Å². The van der Waals surface area contributed by atoms with Crippen molar-refractivity contribution in [3.63, 3.8) is 0 Å². The van der Waals surface area contributed by atoms with Gasteiger partial charge in [0.2, 0.25) is 21.9 Å². The SMILES string of the molecule is CCC1CCCN1S(=O)(=O)c1ccc(Nc2ncc3c(n2)-c2ccccc2NC(=O)C3)cc1. The molecule has 0 spiro atoms. The van der Waals surface area contributed by atoms with E-state index in [2.05, 4.69) is 20.6 Å². The first kappa shape index (κ1) is 21.5. The molecule has 8 nitrogen and oxygen atoms in total. The lowest BCUT2D eigenvalue weighted by Gasteiger charge is -2.23. The molecule has 0 aliphatic carbocycles. The molecule has 1 saturated heterocycles. The highest BCUT2D eigenvalue weighted by Gasteiger charge is 2.34. The summed E-state index contributed by atoms with van der Waals surface area (Å²) in [5.41, 5.74) is 3.67. The van der Waals surface area contributed by atoms with Crippen molar-refractivity contribution in [2.45, 2.75) is 43.5 Å². The summed E-state index contributed by atoms with van der Waals surface area (Å²) >= 11 is 0. The zero-order chi connectivity index (χ0) is 23.0. The van der Waals surface area contributed by atoms with Crippen molar-refractivity contribution in [3.05, 3.63) is 60.3 Å². The van der Waals surface area contributed by atoms with Gasteiger partial charge in [0.05, 0.1) is 22.7 Å². The summed E-state index contributed by atoms with van der Waals surface area (Å²) in [5.74, 6) is 0.268. The molecule has 1 amide bonds. The zero-order valence-electron chi connectivity index (χ0n) is 18.3. The molecule has 9 heteroatoms. The summed E-state index contributed by atoms with van der Waals surface area (Å²) in [6.45, 7) is 2.60. The van der Waals surface area contributed by atoms with Gasteiger partial charge in [-0.05, 0) is 49.6 Å². The van der Waals surface area contributed by atoms with E-state index in [0.29, 0.717) is 29.6 Å². The van der Waals surface area contributed by atoms with Gasteiger partial charge in [-0.1, -0.05) is 25.1 Å². The Balaban J connectivity index is 1.40. The van der Waals surface area contributed by atoms with Crippen LogP contribution in [0.2, 0.25) is 0 Å². The Morgan fingerprint density at radius 2 is 1.94 bits per heavy atom. The third kappa shape index (κ3) is 4.09. The maximum absolute atomic E-state index is 13.1. The molecule has 170 valence electrons. The number of rotatable bonds is 5. The lowest BCUT2D eigenvalue weighted by molar-refractivity contribution is -0.115. The Kier molecular flexibility index (Phi) is 5.59. The number of nitrogens with one attached hydrogen (secondary N) is 2. The molecular formula is C24H25N5O3S. The van der Waals surface area contributed by atoms with Gasteiger partial charge < -0.3 is 10.6 Å². The van der Waals surface area contributed by atoms with Crippen LogP contribution in [0, 0.1) is 0 Å². The number of carbonyl (C=O) groups excluding carboxylic acids is 1. The second-order valence-corrected chi connectivity index (χ2v) is 10.2. The average Bonchev–Trinajstić information content (AvgIpc) is 3.26. The molecule has 0 bridgehead atoms. The average molecular weight is 464 g/mol. The molecule has 3 aromatic rings. The van der Waals surface area contributed by atoms with Crippen molar-refractivity contribution in [2.75, 3.05) is 17.2 Å². The molecule has 0 radical (unpaired) electrons. The number of carbonyl (C=O) groups is 1. The van der Waals surface area contributed by atoms with Gasteiger partial charge in [-0.3, -0.25) is 4.79 Å². The summed E-state index contributed by atoms with van der Waals surface area (Å²) in [4.78, 5) is 21.5. The Bertz CT molecular complexity index is 1310. The summed E-state index contributed by atoms with van der Waals surface area (Å²) in [5, 5.41) is 6.05. The number of amides is 1. The third-order valence-corrected chi connectivity index (χ3v) is 8.15. The van der Waals surface area contributed by atoms with Crippen LogP contribution in [0.5, 0.6) is 0 Å². The maximum Gasteiger partial charge on any atom is 0.243 e. The molecule has 1 fully saturated rings. The molecule has 1 unspecified atom stereocenters. The van der Waals surface area contributed by atoms with E-state index in [0.717, 1.165) is 30.4 Å². The van der Waals surface area contributed by atoms with E-state index >= 15 is 0 Å². The largest absolute Gasteiger partial charge is 0.325 e. The van der Waals surface area contributed by atoms with E-state index in [1.54, 1.807) is 34.8 Å². The number of nitrogens with zero attached hydrogens (tertiary/aromatic N) is 3. The van der Waals surface area contributed by atoms with Gasteiger partial charge in [0.1, 0.15) is 0 Å². The second kappa shape index (κ2) is 8.57. The first-order chi connectivity index (χ1) is 16.0. The molecule has 1 atom stereocenters. The van der Waals surface area contributed by atoms with Crippen LogP contribution in [0.15, 0.2) is 59.6 Å². The fourth-order valence-electron chi connectivity index (χ4n) is 4.50. The molecular weight excluding hydrogens is 438 g/mol. The Morgan fingerprint density at radius 3 is 2.73 bits per heavy atom. The van der Waals surface area contributed by atoms with Crippen LogP contribution < -0.4 is 10.6 Å². The van der Waals surface area contributed by atoms with Crippen molar-refractivity contribution in [1.29, 1.82) is 0 Å². The van der Waals surface area contributed by atoms with E-state index in [9.17, 15) is 13.2 Å². The van der Waals surface area contributed by atoms with Gasteiger partial charge in [0, 0.05) is 35.6 Å². The number of aromatic nitrogens is 2. The number of fused-ring (bicyclic) bond motifs is 3. The number of anilines is 3. The Morgan fingerprint density at radius 1 is 1.15 bits per heavy atom. The molecule has 5 rings (SSSR count). The smallest absolute Gasteiger partial charge is 0.243 e. The van der Waals surface area contributed by atoms with E-state index in [-0.39, 0.29) is 23.3 Å². The van der Waals surface area contributed by atoms with Crippen LogP contribution in [0.25, 0.3) is 11.3 Å². The van der Waals surface area contributed by atoms with Gasteiger partial charge >= 0.3 is 0 Å². The van der Waals surface area contributed by atoms with Crippen molar-refractivity contribution in [2.24, 2.45) is 0 Å². The number of hydrogen-bond acceptors (Lipinski definition) is 6. The number of sulfonamides is 1. The molecule has 2 N–H and O–H groups in total. The highest BCUT2D eigenvalue weighted by atomic mass is 32.2. The molecule has 2 aromatic carbocycles. The van der Waals surface area contributed by atoms with Gasteiger partial charge in [-0.2, -0.15) is 4.31 Å². The number of benzene rings is 2. The van der Waals surface area contributed by atoms with Crippen molar-refractivity contribution in [1.82, 2.24) is 14.3 Å². The van der Waals surface area contributed by atoms with Crippen LogP contribution in [-0.2, 0) is 21.2 Å². The van der Waals surface area contributed by atoms with E-state index < -0.39 is 10.0 Å². The Labute approximate surface area is 193 Å². The standard InChI is InChI=1S/C24H25N5O3S/c1-2-18-6-5-13-29(18)33(31,32)19-11-9-17(10-12-19)26-24-25-15-16-14-22(30)27-21-8-4-3-7-20(21)23(16)28-24/h3-4,7-12,15,18H,2,5-6,13-14H2,1H3,(H,27,30)(H,25,26,28). The highest BCUT2D eigenvalue weighted by molar-refractivity contribution is 7.89. The zero-order valence-corrected chi connectivity index (χ0v) is 19.1. The predicted octanol–water partition coefficient (Wildman–Crippen LogP) is 3.94. The fourth-order valence-corrected chi connectivity index (χ4v) is 6.27. The predicted molar refractivity (Wildman–Crippen MR) is 127 cm³/mol. The van der Waals surface area contributed by atoms with E-state index in [1.165, 1.54) is 0 Å². The van der Waals surface area contributed by atoms with Crippen molar-refractivity contribution >= 4 is 33.3 Å². The van der Waals surface area contributed by atoms with Crippen LogP contribution >= 0.6 is 0 Å². The molecule has 2 aliphatic heterocycles. The topological polar surface area (TPSA) is 104 Å². The fraction of sp³-hybridized carbons (Fsp3) is 0.292. The summed E-state index contributed by atoms with van der Waals surface area (Å²) in [6, 6.07) is 14.3. The van der Waals surface area contributed by atoms with E-state index in [4.69, 9.17) is 0 Å². The minimum atomic E-state index is -3.51. The van der Waals surface area contributed by atoms with Crippen LogP contribution in [-0.4, -0.2) is 41.2 Å². The number of para-hydroxylation sites is 1. The van der Waals surface area contributed by atoms with Gasteiger partial charge in [0.25, 0.3) is 0 Å². The van der Waals surface area contributed by atoms with Crippen molar-refractivity contribution in [3.8, 4) is 11.3 Å². The maximum atomic E-state index is 13.1. The molecule has 33 heavy (non-hydrogen) atoms. The molecule has 1 aromatic heterocycles. The summed E-state index contributed by atoms with van der Waals surface area (Å²) in [7, 11) is -3.51. The van der Waals surface area contributed by atoms with Gasteiger partial charge in [-0.25, -0.2) is 18.4 Å². The first-order valence-corrected chi connectivity index (χ1v) is 12.5.